The summed E-state index contributed by atoms with van der Waals surface area (Å²) in [5.74, 6) is -0.255. The number of benzene rings is 1. The van der Waals surface area contributed by atoms with Crippen LogP contribution >= 0.6 is 12.4 Å². The van der Waals surface area contributed by atoms with E-state index in [1.165, 1.54) is 7.11 Å². The second kappa shape index (κ2) is 6.10. The maximum absolute atomic E-state index is 10.7. The Labute approximate surface area is 88.3 Å². The first kappa shape index (κ1) is 12.6. The number of hydrogen-bond acceptors (Lipinski definition) is 4. The van der Waals surface area contributed by atoms with Gasteiger partial charge in [-0.3, -0.25) is 4.79 Å². The first-order chi connectivity index (χ1) is 6.24. The number of esters is 1. The van der Waals surface area contributed by atoms with Gasteiger partial charge in [0.1, 0.15) is 12.3 Å². The molecule has 0 aliphatic heterocycles. The Morgan fingerprint density at radius 2 is 2.14 bits per heavy atom. The maximum atomic E-state index is 10.7. The normalized spacial score (nSPS) is 8.64. The monoisotopic (exact) mass is 217 g/mol. The van der Waals surface area contributed by atoms with Crippen LogP contribution in [0.4, 0.5) is 5.69 Å². The molecule has 0 saturated heterocycles. The number of phenols is 1. The summed E-state index contributed by atoms with van der Waals surface area (Å²) in [7, 11) is 1.31. The highest BCUT2D eigenvalue weighted by Gasteiger charge is 2.01. The summed E-state index contributed by atoms with van der Waals surface area (Å²) in [6, 6.07) is 6.69. The van der Waals surface area contributed by atoms with Crippen LogP contribution in [0.25, 0.3) is 0 Å². The average molecular weight is 218 g/mol. The Kier molecular flexibility index (Phi) is 5.48. The number of halogens is 1. The van der Waals surface area contributed by atoms with Crippen molar-refractivity contribution in [1.82, 2.24) is 0 Å². The third kappa shape index (κ3) is 3.53. The van der Waals surface area contributed by atoms with Gasteiger partial charge in [0, 0.05) is 0 Å². The second-order valence-electron chi connectivity index (χ2n) is 2.45. The molecule has 0 spiro atoms. The summed E-state index contributed by atoms with van der Waals surface area (Å²) in [6.07, 6.45) is 0. The summed E-state index contributed by atoms with van der Waals surface area (Å²) < 4.78 is 4.43. The molecular formula is C9H12ClNO3. The SMILES string of the molecule is COC(=O)CNc1ccccc1O.Cl. The lowest BCUT2D eigenvalue weighted by atomic mass is 10.3. The first-order valence-corrected chi connectivity index (χ1v) is 3.82. The number of phenolic OH excluding ortho intramolecular Hbond substituents is 1. The van der Waals surface area contributed by atoms with Gasteiger partial charge in [-0.2, -0.15) is 0 Å². The van der Waals surface area contributed by atoms with Crippen LogP contribution < -0.4 is 5.32 Å². The van der Waals surface area contributed by atoms with Crippen molar-refractivity contribution >= 4 is 24.1 Å². The molecule has 0 amide bonds. The zero-order chi connectivity index (χ0) is 9.68. The molecule has 1 rings (SSSR count). The Balaban J connectivity index is 0.00000169. The smallest absolute Gasteiger partial charge is 0.325 e. The minimum atomic E-state index is -0.372. The molecule has 0 atom stereocenters. The van der Waals surface area contributed by atoms with Gasteiger partial charge in [0.15, 0.2) is 0 Å². The summed E-state index contributed by atoms with van der Waals surface area (Å²) >= 11 is 0. The molecule has 78 valence electrons. The van der Waals surface area contributed by atoms with Gasteiger partial charge in [-0.25, -0.2) is 0 Å². The largest absolute Gasteiger partial charge is 0.506 e. The van der Waals surface area contributed by atoms with E-state index >= 15 is 0 Å². The van der Waals surface area contributed by atoms with Crippen LogP contribution in [0.15, 0.2) is 24.3 Å². The molecular weight excluding hydrogens is 206 g/mol. The van der Waals surface area contributed by atoms with Gasteiger partial charge >= 0.3 is 5.97 Å². The van der Waals surface area contributed by atoms with E-state index < -0.39 is 0 Å². The van der Waals surface area contributed by atoms with Crippen LogP contribution in [0.1, 0.15) is 0 Å². The molecule has 0 aliphatic rings. The number of aromatic hydroxyl groups is 1. The van der Waals surface area contributed by atoms with E-state index in [9.17, 15) is 9.90 Å². The summed E-state index contributed by atoms with van der Waals surface area (Å²) in [4.78, 5) is 10.7. The molecule has 0 radical (unpaired) electrons. The summed E-state index contributed by atoms with van der Waals surface area (Å²) in [5, 5.41) is 12.0. The van der Waals surface area contributed by atoms with Crippen molar-refractivity contribution in [3.05, 3.63) is 24.3 Å². The van der Waals surface area contributed by atoms with Gasteiger partial charge in [-0.15, -0.1) is 12.4 Å². The van der Waals surface area contributed by atoms with E-state index in [2.05, 4.69) is 10.1 Å². The summed E-state index contributed by atoms with van der Waals surface area (Å²) in [6.45, 7) is 0.0497. The van der Waals surface area contributed by atoms with E-state index in [0.29, 0.717) is 5.69 Å². The fourth-order valence-corrected chi connectivity index (χ4v) is 0.863. The predicted octanol–water partition coefficient (Wildman–Crippen LogP) is 1.40. The Morgan fingerprint density at radius 3 is 2.71 bits per heavy atom. The minimum Gasteiger partial charge on any atom is -0.506 e. The van der Waals surface area contributed by atoms with Crippen LogP contribution in [0, 0.1) is 0 Å². The highest BCUT2D eigenvalue weighted by molar-refractivity contribution is 5.85. The van der Waals surface area contributed by atoms with Crippen molar-refractivity contribution in [1.29, 1.82) is 0 Å². The number of rotatable bonds is 3. The third-order valence-electron chi connectivity index (χ3n) is 1.55. The number of hydrogen-bond donors (Lipinski definition) is 2. The molecule has 0 saturated carbocycles. The molecule has 14 heavy (non-hydrogen) atoms. The van der Waals surface area contributed by atoms with E-state index in [0.717, 1.165) is 0 Å². The van der Waals surface area contributed by atoms with Gasteiger partial charge in [-0.05, 0) is 12.1 Å². The molecule has 0 aliphatic carbocycles. The molecule has 2 N–H and O–H groups in total. The first-order valence-electron chi connectivity index (χ1n) is 3.82. The van der Waals surface area contributed by atoms with Gasteiger partial charge in [-0.1, -0.05) is 12.1 Å². The number of nitrogens with one attached hydrogen (secondary N) is 1. The topological polar surface area (TPSA) is 58.6 Å². The van der Waals surface area contributed by atoms with Crippen LogP contribution in [-0.4, -0.2) is 24.7 Å². The van der Waals surface area contributed by atoms with E-state index in [1.807, 2.05) is 0 Å². The third-order valence-corrected chi connectivity index (χ3v) is 1.55. The lowest BCUT2D eigenvalue weighted by Crippen LogP contribution is -2.14. The lowest BCUT2D eigenvalue weighted by molar-refractivity contribution is -0.138. The highest BCUT2D eigenvalue weighted by atomic mass is 35.5. The van der Waals surface area contributed by atoms with Crippen molar-refractivity contribution in [3.8, 4) is 5.75 Å². The molecule has 1 aromatic carbocycles. The highest BCUT2D eigenvalue weighted by Crippen LogP contribution is 2.20. The molecule has 0 heterocycles. The van der Waals surface area contributed by atoms with Gasteiger partial charge in [0.05, 0.1) is 12.8 Å². The molecule has 0 fully saturated rings. The van der Waals surface area contributed by atoms with Crippen molar-refractivity contribution in [3.63, 3.8) is 0 Å². The maximum Gasteiger partial charge on any atom is 0.325 e. The van der Waals surface area contributed by atoms with Crippen LogP contribution in [0.5, 0.6) is 5.75 Å². The van der Waals surface area contributed by atoms with Crippen molar-refractivity contribution in [2.45, 2.75) is 0 Å². The van der Waals surface area contributed by atoms with Crippen LogP contribution in [-0.2, 0) is 9.53 Å². The molecule has 4 nitrogen and oxygen atoms in total. The van der Waals surface area contributed by atoms with Gasteiger partial charge < -0.3 is 15.2 Å². The van der Waals surface area contributed by atoms with E-state index in [-0.39, 0.29) is 30.7 Å². The number of carbonyl (C=O) groups is 1. The van der Waals surface area contributed by atoms with E-state index in [1.54, 1.807) is 24.3 Å². The lowest BCUT2D eigenvalue weighted by Gasteiger charge is -2.05. The Morgan fingerprint density at radius 1 is 1.50 bits per heavy atom. The number of ether oxygens (including phenoxy) is 1. The standard InChI is InChI=1S/C9H11NO3.ClH/c1-13-9(12)6-10-7-4-2-3-5-8(7)11;/h2-5,10-11H,6H2,1H3;1H. The Bertz CT molecular complexity index is 304. The average Bonchev–Trinajstić information content (AvgIpc) is 2.16. The van der Waals surface area contributed by atoms with Crippen molar-refractivity contribution in [2.24, 2.45) is 0 Å². The number of para-hydroxylation sites is 2. The summed E-state index contributed by atoms with van der Waals surface area (Å²) in [5.41, 5.74) is 0.521. The minimum absolute atomic E-state index is 0. The molecule has 0 aromatic heterocycles. The second-order valence-corrected chi connectivity index (χ2v) is 2.45. The number of anilines is 1. The quantitative estimate of drug-likeness (QED) is 0.594. The molecule has 0 unspecified atom stereocenters. The van der Waals surface area contributed by atoms with Crippen molar-refractivity contribution in [2.75, 3.05) is 19.0 Å². The molecule has 5 heteroatoms. The fourth-order valence-electron chi connectivity index (χ4n) is 0.863. The molecule has 0 bridgehead atoms. The van der Waals surface area contributed by atoms with Gasteiger partial charge in [0.2, 0.25) is 0 Å². The van der Waals surface area contributed by atoms with E-state index in [4.69, 9.17) is 0 Å². The van der Waals surface area contributed by atoms with Gasteiger partial charge in [0.25, 0.3) is 0 Å². The predicted molar refractivity (Wildman–Crippen MR) is 55.9 cm³/mol. The van der Waals surface area contributed by atoms with Crippen molar-refractivity contribution < 1.29 is 14.6 Å². The number of methoxy groups -OCH3 is 1. The zero-order valence-corrected chi connectivity index (χ0v) is 8.50. The van der Waals surface area contributed by atoms with Crippen LogP contribution in [0.3, 0.4) is 0 Å². The Hall–Kier alpha value is -1.42. The zero-order valence-electron chi connectivity index (χ0n) is 7.69. The fraction of sp³-hybridized carbons (Fsp3) is 0.222. The molecule has 1 aromatic rings. The van der Waals surface area contributed by atoms with Crippen LogP contribution in [0.2, 0.25) is 0 Å². The number of carbonyl (C=O) groups excluding carboxylic acids is 1.